The van der Waals surface area contributed by atoms with Crippen molar-refractivity contribution >= 4 is 5.82 Å². The highest BCUT2D eigenvalue weighted by molar-refractivity contribution is 5.42. The van der Waals surface area contributed by atoms with Crippen molar-refractivity contribution in [3.63, 3.8) is 0 Å². The first-order valence-corrected chi connectivity index (χ1v) is 7.92. The van der Waals surface area contributed by atoms with Gasteiger partial charge in [-0.25, -0.2) is 4.98 Å². The number of hydrogen-bond donors (Lipinski definition) is 1. The Hall–Kier alpha value is -1.13. The first-order chi connectivity index (χ1) is 9.88. The number of morpholine rings is 1. The van der Waals surface area contributed by atoms with Crippen LogP contribution in [0.1, 0.15) is 38.2 Å². The first kappa shape index (κ1) is 13.8. The zero-order valence-corrected chi connectivity index (χ0v) is 12.3. The topological polar surface area (TPSA) is 37.4 Å². The lowest BCUT2D eigenvalue weighted by molar-refractivity contribution is 0.0253. The molecule has 0 aromatic carbocycles. The summed E-state index contributed by atoms with van der Waals surface area (Å²) in [5, 5.41) is 3.41. The van der Waals surface area contributed by atoms with Gasteiger partial charge in [-0.05, 0) is 43.9 Å². The molecule has 0 spiro atoms. The molecule has 2 unspecified atom stereocenters. The second kappa shape index (κ2) is 6.55. The lowest BCUT2D eigenvalue weighted by atomic mass is 10.1. The van der Waals surface area contributed by atoms with E-state index in [-0.39, 0.29) is 0 Å². The van der Waals surface area contributed by atoms with Crippen LogP contribution in [0.4, 0.5) is 5.82 Å². The highest BCUT2D eigenvalue weighted by Crippen LogP contribution is 2.32. The van der Waals surface area contributed by atoms with E-state index in [1.54, 1.807) is 0 Å². The average Bonchev–Trinajstić information content (AvgIpc) is 2.97. The molecule has 3 rings (SSSR count). The summed E-state index contributed by atoms with van der Waals surface area (Å²) in [5.41, 5.74) is 1.26. The second-order valence-electron chi connectivity index (χ2n) is 5.80. The largest absolute Gasteiger partial charge is 0.374 e. The molecule has 1 aliphatic heterocycles. The van der Waals surface area contributed by atoms with E-state index >= 15 is 0 Å². The summed E-state index contributed by atoms with van der Waals surface area (Å²) >= 11 is 0. The van der Waals surface area contributed by atoms with Gasteiger partial charge in [0.05, 0.1) is 18.8 Å². The number of nitrogens with zero attached hydrogens (tertiary/aromatic N) is 2. The zero-order chi connectivity index (χ0) is 13.8. The summed E-state index contributed by atoms with van der Waals surface area (Å²) in [7, 11) is 0. The molecular weight excluding hydrogens is 250 g/mol. The third-order valence-corrected chi connectivity index (χ3v) is 4.34. The van der Waals surface area contributed by atoms with Gasteiger partial charge >= 0.3 is 0 Å². The Morgan fingerprint density at radius 3 is 3.15 bits per heavy atom. The summed E-state index contributed by atoms with van der Waals surface area (Å²) in [5.74, 6) is 1.12. The fourth-order valence-corrected chi connectivity index (χ4v) is 3.31. The summed E-state index contributed by atoms with van der Waals surface area (Å²) in [6, 6.07) is 4.91. The first-order valence-electron chi connectivity index (χ1n) is 7.92. The number of rotatable bonds is 5. The van der Waals surface area contributed by atoms with E-state index in [0.29, 0.717) is 12.1 Å². The van der Waals surface area contributed by atoms with Crippen molar-refractivity contribution in [2.75, 3.05) is 24.6 Å². The highest BCUT2D eigenvalue weighted by Gasteiger charge is 2.36. The Balaban J connectivity index is 1.64. The molecule has 4 heteroatoms. The van der Waals surface area contributed by atoms with Crippen molar-refractivity contribution in [2.24, 2.45) is 0 Å². The van der Waals surface area contributed by atoms with E-state index in [9.17, 15) is 0 Å². The van der Waals surface area contributed by atoms with Crippen LogP contribution in [0.5, 0.6) is 0 Å². The summed E-state index contributed by atoms with van der Waals surface area (Å²) in [6.07, 6.45) is 7.34. The predicted octanol–water partition coefficient (Wildman–Crippen LogP) is 2.34. The molecule has 20 heavy (non-hydrogen) atoms. The lowest BCUT2D eigenvalue weighted by Gasteiger charge is -2.38. The number of hydrogen-bond acceptors (Lipinski definition) is 4. The molecule has 2 fully saturated rings. The van der Waals surface area contributed by atoms with Gasteiger partial charge in [0.2, 0.25) is 0 Å². The van der Waals surface area contributed by atoms with Crippen molar-refractivity contribution in [1.29, 1.82) is 0 Å². The minimum atomic E-state index is 0.427. The third kappa shape index (κ3) is 2.96. The maximum Gasteiger partial charge on any atom is 0.128 e. The van der Waals surface area contributed by atoms with E-state index in [1.165, 1.54) is 31.2 Å². The maximum absolute atomic E-state index is 5.86. The van der Waals surface area contributed by atoms with Gasteiger partial charge in [-0.15, -0.1) is 0 Å². The third-order valence-electron chi connectivity index (χ3n) is 4.34. The van der Waals surface area contributed by atoms with E-state index in [2.05, 4.69) is 34.3 Å². The van der Waals surface area contributed by atoms with Crippen LogP contribution in [-0.2, 0) is 11.3 Å². The Morgan fingerprint density at radius 2 is 2.35 bits per heavy atom. The Labute approximate surface area is 121 Å². The van der Waals surface area contributed by atoms with Gasteiger partial charge in [0.1, 0.15) is 5.82 Å². The maximum atomic E-state index is 5.86. The predicted molar refractivity (Wildman–Crippen MR) is 81.0 cm³/mol. The van der Waals surface area contributed by atoms with Crippen LogP contribution in [0.25, 0.3) is 0 Å². The number of nitrogens with one attached hydrogen (secondary N) is 1. The number of aromatic nitrogens is 1. The smallest absolute Gasteiger partial charge is 0.128 e. The second-order valence-corrected chi connectivity index (χ2v) is 5.80. The Kier molecular flexibility index (Phi) is 4.53. The van der Waals surface area contributed by atoms with Gasteiger partial charge in [0, 0.05) is 19.3 Å². The van der Waals surface area contributed by atoms with Crippen molar-refractivity contribution < 1.29 is 4.74 Å². The molecule has 0 bridgehead atoms. The van der Waals surface area contributed by atoms with E-state index in [1.807, 2.05) is 6.20 Å². The van der Waals surface area contributed by atoms with Crippen molar-refractivity contribution in [3.05, 3.63) is 23.9 Å². The Bertz CT molecular complexity index is 420. The van der Waals surface area contributed by atoms with E-state index in [4.69, 9.17) is 4.74 Å². The standard InChI is InChI=1S/C16H25N3O/c1-2-8-17-11-13-6-7-16(18-12-13)19-9-10-20-15-5-3-4-14(15)19/h6-7,12,14-15,17H,2-5,8-11H2,1H3. The monoisotopic (exact) mass is 275 g/mol. The van der Waals surface area contributed by atoms with Crippen LogP contribution in [0.2, 0.25) is 0 Å². The van der Waals surface area contributed by atoms with Crippen LogP contribution in [0.3, 0.4) is 0 Å². The average molecular weight is 275 g/mol. The Morgan fingerprint density at radius 1 is 1.40 bits per heavy atom. The number of ether oxygens (including phenoxy) is 1. The molecule has 1 aliphatic carbocycles. The van der Waals surface area contributed by atoms with Gasteiger partial charge in [-0.2, -0.15) is 0 Å². The van der Waals surface area contributed by atoms with E-state index < -0.39 is 0 Å². The molecule has 1 aromatic rings. The highest BCUT2D eigenvalue weighted by atomic mass is 16.5. The molecule has 1 saturated heterocycles. The lowest BCUT2D eigenvalue weighted by Crippen LogP contribution is -2.49. The molecule has 1 saturated carbocycles. The summed E-state index contributed by atoms with van der Waals surface area (Å²) in [4.78, 5) is 7.12. The van der Waals surface area contributed by atoms with Gasteiger partial charge in [0.25, 0.3) is 0 Å². The number of pyridine rings is 1. The fraction of sp³-hybridized carbons (Fsp3) is 0.688. The summed E-state index contributed by atoms with van der Waals surface area (Å²) < 4.78 is 5.86. The van der Waals surface area contributed by atoms with Crippen molar-refractivity contribution in [2.45, 2.75) is 51.3 Å². The van der Waals surface area contributed by atoms with Crippen molar-refractivity contribution in [1.82, 2.24) is 10.3 Å². The molecule has 0 radical (unpaired) electrons. The number of anilines is 1. The molecule has 0 amide bonds. The molecule has 110 valence electrons. The molecule has 2 atom stereocenters. The van der Waals surface area contributed by atoms with Gasteiger partial charge in [-0.1, -0.05) is 13.0 Å². The van der Waals surface area contributed by atoms with Crippen LogP contribution in [0.15, 0.2) is 18.3 Å². The molecular formula is C16H25N3O. The molecule has 4 nitrogen and oxygen atoms in total. The fourth-order valence-electron chi connectivity index (χ4n) is 3.31. The van der Waals surface area contributed by atoms with Crippen LogP contribution >= 0.6 is 0 Å². The van der Waals surface area contributed by atoms with Crippen LogP contribution in [0, 0.1) is 0 Å². The summed E-state index contributed by atoms with van der Waals surface area (Å²) in [6.45, 7) is 5.97. The van der Waals surface area contributed by atoms with Gasteiger partial charge in [0.15, 0.2) is 0 Å². The zero-order valence-electron chi connectivity index (χ0n) is 12.3. The van der Waals surface area contributed by atoms with Crippen molar-refractivity contribution in [3.8, 4) is 0 Å². The van der Waals surface area contributed by atoms with Gasteiger partial charge in [-0.3, -0.25) is 0 Å². The normalized spacial score (nSPS) is 25.8. The minimum Gasteiger partial charge on any atom is -0.374 e. The number of fused-ring (bicyclic) bond motifs is 1. The molecule has 2 heterocycles. The van der Waals surface area contributed by atoms with Gasteiger partial charge < -0.3 is 15.0 Å². The van der Waals surface area contributed by atoms with Crippen LogP contribution in [-0.4, -0.2) is 36.8 Å². The SMILES string of the molecule is CCCNCc1ccc(N2CCOC3CCCC32)nc1. The molecule has 2 aliphatic rings. The van der Waals surface area contributed by atoms with Crippen LogP contribution < -0.4 is 10.2 Å². The quantitative estimate of drug-likeness (QED) is 0.837. The minimum absolute atomic E-state index is 0.427. The molecule has 1 N–H and O–H groups in total. The van der Waals surface area contributed by atoms with E-state index in [0.717, 1.165) is 32.1 Å². The molecule has 1 aromatic heterocycles.